The van der Waals surface area contributed by atoms with Crippen molar-refractivity contribution in [2.45, 2.75) is 29.1 Å². The number of hydrogen-bond donors (Lipinski definition) is 1. The first kappa shape index (κ1) is 16.6. The third-order valence-electron chi connectivity index (χ3n) is 5.33. The predicted octanol–water partition coefficient (Wildman–Crippen LogP) is 2.62. The summed E-state index contributed by atoms with van der Waals surface area (Å²) in [6.45, 7) is 0.925. The van der Waals surface area contributed by atoms with E-state index in [0.717, 1.165) is 25.6 Å². The minimum absolute atomic E-state index is 0.162. The standard InChI is InChI=1S/C17H21BrN2O3S/c1-20-9-17(18,10-23-24(2,21)22)7-13-12-4-3-5-14-16(12)11(8-19-14)6-15(13)20/h3-5,8,13,15,19H,6-7,9-10H2,1-2H3/t13-,15-,17?/m0/s1. The molecule has 0 saturated carbocycles. The summed E-state index contributed by atoms with van der Waals surface area (Å²) in [7, 11) is -1.33. The fourth-order valence-corrected chi connectivity index (χ4v) is 5.83. The Bertz CT molecular complexity index is 894. The molecule has 7 heteroatoms. The Balaban J connectivity index is 1.70. The largest absolute Gasteiger partial charge is 0.361 e. The van der Waals surface area contributed by atoms with Crippen molar-refractivity contribution in [3.8, 4) is 0 Å². The SMILES string of the molecule is CN1CC(Br)(COS(C)(=O)=O)C[C@H]2c3cccc4[nH]cc(c34)C[C@@H]21. The molecule has 3 atom stereocenters. The molecule has 130 valence electrons. The van der Waals surface area contributed by atoms with Crippen molar-refractivity contribution in [1.82, 2.24) is 9.88 Å². The number of hydrogen-bond acceptors (Lipinski definition) is 4. The molecule has 0 bridgehead atoms. The van der Waals surface area contributed by atoms with Crippen LogP contribution >= 0.6 is 15.9 Å². The number of benzene rings is 1. The molecule has 1 fully saturated rings. The maximum atomic E-state index is 11.4. The van der Waals surface area contributed by atoms with Crippen LogP contribution in [0.5, 0.6) is 0 Å². The van der Waals surface area contributed by atoms with Gasteiger partial charge in [-0.05, 0) is 37.1 Å². The molecule has 1 aliphatic carbocycles. The molecule has 1 aromatic carbocycles. The normalized spacial score (nSPS) is 30.5. The molecule has 5 nitrogen and oxygen atoms in total. The number of nitrogens with zero attached hydrogens (tertiary/aromatic N) is 1. The molecule has 2 aromatic rings. The Morgan fingerprint density at radius 3 is 3.00 bits per heavy atom. The number of likely N-dealkylation sites (tertiary alicyclic amines) is 1. The first-order chi connectivity index (χ1) is 11.3. The summed E-state index contributed by atoms with van der Waals surface area (Å²) < 4.78 is 27.6. The summed E-state index contributed by atoms with van der Waals surface area (Å²) in [5, 5.41) is 1.34. The van der Waals surface area contributed by atoms with Crippen molar-refractivity contribution in [1.29, 1.82) is 0 Å². The number of H-pyrrole nitrogens is 1. The lowest BCUT2D eigenvalue weighted by Gasteiger charge is -2.49. The van der Waals surface area contributed by atoms with Crippen LogP contribution in [0, 0.1) is 0 Å². The van der Waals surface area contributed by atoms with Gasteiger partial charge in [-0.2, -0.15) is 8.42 Å². The molecule has 0 radical (unpaired) electrons. The smallest absolute Gasteiger partial charge is 0.264 e. The second-order valence-electron chi connectivity index (χ2n) is 7.20. The van der Waals surface area contributed by atoms with Gasteiger partial charge in [0.2, 0.25) is 0 Å². The minimum atomic E-state index is -3.44. The number of alkyl halides is 1. The highest BCUT2D eigenvalue weighted by Crippen LogP contribution is 2.47. The molecule has 1 saturated heterocycles. The van der Waals surface area contributed by atoms with E-state index in [1.54, 1.807) is 0 Å². The Hall–Kier alpha value is -0.890. The fraction of sp³-hybridized carbons (Fsp3) is 0.529. The molecular weight excluding hydrogens is 392 g/mol. The Morgan fingerprint density at radius 1 is 1.46 bits per heavy atom. The highest BCUT2D eigenvalue weighted by Gasteiger charge is 2.45. The zero-order valence-corrected chi connectivity index (χ0v) is 16.2. The van der Waals surface area contributed by atoms with E-state index in [1.165, 1.54) is 22.0 Å². The highest BCUT2D eigenvalue weighted by atomic mass is 79.9. The van der Waals surface area contributed by atoms with Crippen molar-refractivity contribution < 1.29 is 12.6 Å². The van der Waals surface area contributed by atoms with E-state index in [-0.39, 0.29) is 10.9 Å². The van der Waals surface area contributed by atoms with E-state index in [0.29, 0.717) is 12.0 Å². The maximum Gasteiger partial charge on any atom is 0.264 e. The number of aromatic nitrogens is 1. The van der Waals surface area contributed by atoms with Crippen LogP contribution in [0.15, 0.2) is 24.4 Å². The van der Waals surface area contributed by atoms with E-state index in [9.17, 15) is 8.42 Å². The average Bonchev–Trinajstić information content (AvgIpc) is 2.91. The van der Waals surface area contributed by atoms with Gasteiger partial charge in [-0.1, -0.05) is 28.1 Å². The van der Waals surface area contributed by atoms with Crippen LogP contribution in [0.2, 0.25) is 0 Å². The first-order valence-electron chi connectivity index (χ1n) is 8.08. The topological polar surface area (TPSA) is 62.4 Å². The van der Waals surface area contributed by atoms with Gasteiger partial charge in [-0.25, -0.2) is 0 Å². The first-order valence-corrected chi connectivity index (χ1v) is 10.7. The molecule has 0 spiro atoms. The Kier molecular flexibility index (Phi) is 3.84. The second-order valence-corrected chi connectivity index (χ2v) is 10.5. The third kappa shape index (κ3) is 2.81. The van der Waals surface area contributed by atoms with Crippen LogP contribution in [0.4, 0.5) is 0 Å². The maximum absolute atomic E-state index is 11.4. The van der Waals surface area contributed by atoms with E-state index in [2.05, 4.69) is 57.3 Å². The molecule has 1 N–H and O–H groups in total. The number of nitrogens with one attached hydrogen (secondary N) is 1. The van der Waals surface area contributed by atoms with Gasteiger partial charge in [0.05, 0.1) is 17.2 Å². The van der Waals surface area contributed by atoms with Gasteiger partial charge < -0.3 is 9.88 Å². The highest BCUT2D eigenvalue weighted by molar-refractivity contribution is 9.10. The lowest BCUT2D eigenvalue weighted by atomic mass is 9.72. The second kappa shape index (κ2) is 5.56. The molecule has 2 aliphatic rings. The minimum Gasteiger partial charge on any atom is -0.361 e. The van der Waals surface area contributed by atoms with Crippen LogP contribution in [0.1, 0.15) is 23.5 Å². The van der Waals surface area contributed by atoms with Crippen LogP contribution < -0.4 is 0 Å². The van der Waals surface area contributed by atoms with Crippen LogP contribution in [0.3, 0.4) is 0 Å². The van der Waals surface area contributed by atoms with E-state index in [1.807, 2.05) is 0 Å². The quantitative estimate of drug-likeness (QED) is 0.621. The van der Waals surface area contributed by atoms with E-state index in [4.69, 9.17) is 4.18 Å². The van der Waals surface area contributed by atoms with Gasteiger partial charge in [0.15, 0.2) is 0 Å². The fourth-order valence-electron chi connectivity index (χ4n) is 4.38. The molecule has 1 unspecified atom stereocenters. The monoisotopic (exact) mass is 412 g/mol. The summed E-state index contributed by atoms with van der Waals surface area (Å²) >= 11 is 3.79. The third-order valence-corrected chi connectivity index (χ3v) is 6.68. The number of aromatic amines is 1. The molecule has 2 heterocycles. The Morgan fingerprint density at radius 2 is 2.25 bits per heavy atom. The van der Waals surface area contributed by atoms with Gasteiger partial charge in [0, 0.05) is 35.6 Å². The molecular formula is C17H21BrN2O3S. The van der Waals surface area contributed by atoms with Gasteiger partial charge in [-0.3, -0.25) is 4.18 Å². The summed E-state index contributed by atoms with van der Waals surface area (Å²) in [4.78, 5) is 5.71. The molecule has 24 heavy (non-hydrogen) atoms. The molecule has 0 amide bonds. The van der Waals surface area contributed by atoms with Crippen molar-refractivity contribution in [2.75, 3.05) is 26.5 Å². The van der Waals surface area contributed by atoms with Gasteiger partial charge in [0.25, 0.3) is 10.1 Å². The summed E-state index contributed by atoms with van der Waals surface area (Å²) in [6.07, 6.45) is 5.11. The lowest BCUT2D eigenvalue weighted by molar-refractivity contribution is 0.106. The average molecular weight is 413 g/mol. The van der Waals surface area contributed by atoms with Crippen molar-refractivity contribution >= 4 is 37.0 Å². The van der Waals surface area contributed by atoms with E-state index >= 15 is 0 Å². The predicted molar refractivity (Wildman–Crippen MR) is 98.2 cm³/mol. The number of fused-ring (bicyclic) bond motifs is 2. The zero-order valence-electron chi connectivity index (χ0n) is 13.8. The number of rotatable bonds is 3. The van der Waals surface area contributed by atoms with Crippen LogP contribution in [0.25, 0.3) is 10.9 Å². The van der Waals surface area contributed by atoms with E-state index < -0.39 is 10.1 Å². The van der Waals surface area contributed by atoms with Gasteiger partial charge in [-0.15, -0.1) is 0 Å². The summed E-state index contributed by atoms with van der Waals surface area (Å²) in [5.41, 5.74) is 3.92. The van der Waals surface area contributed by atoms with Crippen LogP contribution in [-0.4, -0.2) is 55.1 Å². The van der Waals surface area contributed by atoms with Gasteiger partial charge in [0.1, 0.15) is 0 Å². The number of halogens is 1. The molecule has 1 aromatic heterocycles. The number of likely N-dealkylation sites (N-methyl/N-ethyl adjacent to an activating group) is 1. The molecule has 4 rings (SSSR count). The number of piperidine rings is 1. The zero-order chi connectivity index (χ0) is 17.1. The van der Waals surface area contributed by atoms with Crippen molar-refractivity contribution in [2.24, 2.45) is 0 Å². The van der Waals surface area contributed by atoms with Crippen LogP contribution in [-0.2, 0) is 20.7 Å². The van der Waals surface area contributed by atoms with Gasteiger partial charge >= 0.3 is 0 Å². The van der Waals surface area contributed by atoms with Crippen molar-refractivity contribution in [3.63, 3.8) is 0 Å². The summed E-state index contributed by atoms with van der Waals surface area (Å²) in [6, 6.07) is 6.85. The Labute approximate surface area is 150 Å². The lowest BCUT2D eigenvalue weighted by Crippen LogP contribution is -2.55. The van der Waals surface area contributed by atoms with Crippen molar-refractivity contribution in [3.05, 3.63) is 35.5 Å². The molecule has 1 aliphatic heterocycles. The summed E-state index contributed by atoms with van der Waals surface area (Å²) in [5.74, 6) is 0.360.